The van der Waals surface area contributed by atoms with E-state index in [2.05, 4.69) is 10.1 Å². The highest BCUT2D eigenvalue weighted by Gasteiger charge is 2.08. The summed E-state index contributed by atoms with van der Waals surface area (Å²) < 4.78 is 1.74. The Morgan fingerprint density at radius 1 is 1.17 bits per heavy atom. The van der Waals surface area contributed by atoms with Crippen molar-refractivity contribution < 1.29 is 0 Å². The highest BCUT2D eigenvalue weighted by Crippen LogP contribution is 2.23. The number of anilines is 1. The van der Waals surface area contributed by atoms with Gasteiger partial charge >= 0.3 is 0 Å². The smallest absolute Gasteiger partial charge is 0.158 e. The standard InChI is InChI=1S/C13H11ClN4/c1-8-6-11(9-2-4-10(14)5-3-9)18-13(16-8)7-12(15)17-18/h2-7H,1H3,(H2,15,17). The first-order chi connectivity index (χ1) is 8.63. The molecule has 1 aromatic carbocycles. The second-order valence-electron chi connectivity index (χ2n) is 4.13. The molecule has 4 nitrogen and oxygen atoms in total. The number of nitrogens with two attached hydrogens (primary N) is 1. The van der Waals surface area contributed by atoms with Crippen LogP contribution in [0.2, 0.25) is 5.02 Å². The van der Waals surface area contributed by atoms with Crippen LogP contribution in [0.15, 0.2) is 36.4 Å². The predicted molar refractivity (Wildman–Crippen MR) is 72.6 cm³/mol. The maximum absolute atomic E-state index is 5.90. The highest BCUT2D eigenvalue weighted by molar-refractivity contribution is 6.30. The third-order valence-corrected chi connectivity index (χ3v) is 2.97. The summed E-state index contributed by atoms with van der Waals surface area (Å²) >= 11 is 5.90. The second kappa shape index (κ2) is 3.99. The topological polar surface area (TPSA) is 56.2 Å². The molecule has 0 atom stereocenters. The average Bonchev–Trinajstić information content (AvgIpc) is 2.69. The quantitative estimate of drug-likeness (QED) is 0.730. The van der Waals surface area contributed by atoms with Crippen LogP contribution in [0, 0.1) is 6.92 Å². The van der Waals surface area contributed by atoms with Gasteiger partial charge in [-0.15, -0.1) is 5.10 Å². The van der Waals surface area contributed by atoms with Gasteiger partial charge in [-0.05, 0) is 25.1 Å². The van der Waals surface area contributed by atoms with Crippen LogP contribution in [0.5, 0.6) is 0 Å². The Kier molecular flexibility index (Phi) is 2.45. The third kappa shape index (κ3) is 1.80. The molecular formula is C13H11ClN4. The third-order valence-electron chi connectivity index (χ3n) is 2.71. The van der Waals surface area contributed by atoms with Gasteiger partial charge < -0.3 is 5.73 Å². The Labute approximate surface area is 109 Å². The molecule has 0 amide bonds. The van der Waals surface area contributed by atoms with Gasteiger partial charge in [-0.2, -0.15) is 0 Å². The largest absolute Gasteiger partial charge is 0.382 e. The van der Waals surface area contributed by atoms with Gasteiger partial charge in [0.05, 0.1) is 5.69 Å². The van der Waals surface area contributed by atoms with Crippen LogP contribution in [-0.4, -0.2) is 14.6 Å². The summed E-state index contributed by atoms with van der Waals surface area (Å²) in [7, 11) is 0. The van der Waals surface area contributed by atoms with Gasteiger partial charge in [-0.1, -0.05) is 23.7 Å². The van der Waals surface area contributed by atoms with Gasteiger partial charge in [0.15, 0.2) is 5.65 Å². The van der Waals surface area contributed by atoms with Crippen LogP contribution in [0.3, 0.4) is 0 Å². The zero-order valence-electron chi connectivity index (χ0n) is 9.76. The lowest BCUT2D eigenvalue weighted by atomic mass is 10.1. The fraction of sp³-hybridized carbons (Fsp3) is 0.0769. The minimum Gasteiger partial charge on any atom is -0.382 e. The summed E-state index contributed by atoms with van der Waals surface area (Å²) in [6.07, 6.45) is 0. The van der Waals surface area contributed by atoms with E-state index in [0.29, 0.717) is 10.8 Å². The molecule has 0 spiro atoms. The lowest BCUT2D eigenvalue weighted by molar-refractivity contribution is 0.943. The van der Waals surface area contributed by atoms with Crippen molar-refractivity contribution in [2.75, 3.05) is 5.73 Å². The first kappa shape index (κ1) is 11.0. The number of aryl methyl sites for hydroxylation is 1. The van der Waals surface area contributed by atoms with Gasteiger partial charge in [-0.25, -0.2) is 9.50 Å². The molecule has 0 aliphatic heterocycles. The van der Waals surface area contributed by atoms with Crippen LogP contribution in [0.1, 0.15) is 5.69 Å². The molecule has 0 saturated carbocycles. The van der Waals surface area contributed by atoms with Crippen molar-refractivity contribution in [1.82, 2.24) is 14.6 Å². The van der Waals surface area contributed by atoms with Crippen molar-refractivity contribution in [3.8, 4) is 11.3 Å². The van der Waals surface area contributed by atoms with Gasteiger partial charge in [0.1, 0.15) is 5.82 Å². The number of rotatable bonds is 1. The van der Waals surface area contributed by atoms with Crippen molar-refractivity contribution in [3.05, 3.63) is 47.1 Å². The van der Waals surface area contributed by atoms with E-state index in [4.69, 9.17) is 17.3 Å². The Hall–Kier alpha value is -2.07. The number of aromatic nitrogens is 3. The van der Waals surface area contributed by atoms with Crippen LogP contribution < -0.4 is 5.73 Å². The summed E-state index contributed by atoms with van der Waals surface area (Å²) in [5.41, 5.74) is 9.37. The molecule has 0 aliphatic carbocycles. The van der Waals surface area contributed by atoms with Crippen molar-refractivity contribution in [2.45, 2.75) is 6.92 Å². The molecule has 3 rings (SSSR count). The van der Waals surface area contributed by atoms with E-state index in [1.807, 2.05) is 37.3 Å². The molecule has 0 saturated heterocycles. The van der Waals surface area contributed by atoms with Crippen LogP contribution in [-0.2, 0) is 0 Å². The van der Waals surface area contributed by atoms with E-state index < -0.39 is 0 Å². The van der Waals surface area contributed by atoms with Gasteiger partial charge in [-0.3, -0.25) is 0 Å². The number of nitrogen functional groups attached to an aromatic ring is 1. The van der Waals surface area contributed by atoms with Crippen molar-refractivity contribution in [2.24, 2.45) is 0 Å². The average molecular weight is 259 g/mol. The van der Waals surface area contributed by atoms with Crippen molar-refractivity contribution >= 4 is 23.1 Å². The Morgan fingerprint density at radius 2 is 1.89 bits per heavy atom. The Bertz CT molecular complexity index is 716. The molecule has 5 heteroatoms. The minimum absolute atomic E-state index is 0.461. The predicted octanol–water partition coefficient (Wildman–Crippen LogP) is 2.94. The first-order valence-corrected chi connectivity index (χ1v) is 5.90. The summed E-state index contributed by atoms with van der Waals surface area (Å²) in [5, 5.41) is 4.96. The fourth-order valence-corrected chi connectivity index (χ4v) is 2.07. The number of hydrogen-bond donors (Lipinski definition) is 1. The van der Waals surface area contributed by atoms with E-state index in [0.717, 1.165) is 22.6 Å². The molecule has 0 bridgehead atoms. The van der Waals surface area contributed by atoms with E-state index in [-0.39, 0.29) is 0 Å². The van der Waals surface area contributed by atoms with E-state index in [9.17, 15) is 0 Å². The van der Waals surface area contributed by atoms with E-state index in [1.54, 1.807) is 10.6 Å². The number of fused-ring (bicyclic) bond motifs is 1. The molecular weight excluding hydrogens is 248 g/mol. The molecule has 2 aromatic heterocycles. The molecule has 90 valence electrons. The molecule has 0 aliphatic rings. The lowest BCUT2D eigenvalue weighted by Gasteiger charge is -2.06. The van der Waals surface area contributed by atoms with Gasteiger partial charge in [0.25, 0.3) is 0 Å². The van der Waals surface area contributed by atoms with Gasteiger partial charge in [0, 0.05) is 22.3 Å². The number of hydrogen-bond acceptors (Lipinski definition) is 3. The number of benzene rings is 1. The van der Waals surface area contributed by atoms with E-state index in [1.165, 1.54) is 0 Å². The maximum Gasteiger partial charge on any atom is 0.158 e. The molecule has 0 fully saturated rings. The molecule has 0 radical (unpaired) electrons. The van der Waals surface area contributed by atoms with Crippen LogP contribution in [0.25, 0.3) is 16.9 Å². The Morgan fingerprint density at radius 3 is 2.61 bits per heavy atom. The maximum atomic E-state index is 5.90. The summed E-state index contributed by atoms with van der Waals surface area (Å²) in [4.78, 5) is 4.39. The van der Waals surface area contributed by atoms with Crippen LogP contribution in [0.4, 0.5) is 5.82 Å². The Balaban J connectivity index is 2.30. The zero-order valence-corrected chi connectivity index (χ0v) is 10.5. The van der Waals surface area contributed by atoms with Crippen LogP contribution >= 0.6 is 11.6 Å². The molecule has 2 N–H and O–H groups in total. The summed E-state index contributed by atoms with van der Waals surface area (Å²) in [6.45, 7) is 1.95. The summed E-state index contributed by atoms with van der Waals surface area (Å²) in [5.74, 6) is 0.461. The molecule has 2 heterocycles. The highest BCUT2D eigenvalue weighted by atomic mass is 35.5. The first-order valence-electron chi connectivity index (χ1n) is 5.52. The normalized spacial score (nSPS) is 11.0. The fourth-order valence-electron chi connectivity index (χ4n) is 1.94. The lowest BCUT2D eigenvalue weighted by Crippen LogP contribution is -1.98. The SMILES string of the molecule is Cc1cc(-c2ccc(Cl)cc2)n2nc(N)cc2n1. The monoisotopic (exact) mass is 258 g/mol. The zero-order chi connectivity index (χ0) is 12.7. The minimum atomic E-state index is 0.461. The molecule has 3 aromatic rings. The molecule has 18 heavy (non-hydrogen) atoms. The van der Waals surface area contributed by atoms with Gasteiger partial charge in [0.2, 0.25) is 0 Å². The number of halogens is 1. The molecule has 0 unspecified atom stereocenters. The second-order valence-corrected chi connectivity index (χ2v) is 4.57. The summed E-state index contributed by atoms with van der Waals surface area (Å²) in [6, 6.07) is 11.3. The van der Waals surface area contributed by atoms with Crippen molar-refractivity contribution in [3.63, 3.8) is 0 Å². The number of nitrogens with zero attached hydrogens (tertiary/aromatic N) is 3. The van der Waals surface area contributed by atoms with Crippen molar-refractivity contribution in [1.29, 1.82) is 0 Å². The van der Waals surface area contributed by atoms with E-state index >= 15 is 0 Å².